The third-order valence-corrected chi connectivity index (χ3v) is 2.50. The lowest BCUT2D eigenvalue weighted by Crippen LogP contribution is -2.29. The maximum Gasteiger partial charge on any atom is 0.0627 e. The molecular weight excluding hydrogens is 136 g/mol. The van der Waals surface area contributed by atoms with Crippen molar-refractivity contribution in [1.82, 2.24) is 0 Å². The number of aliphatic hydroxyl groups is 1. The number of hydrogen-bond acceptors (Lipinski definition) is 1. The Morgan fingerprint density at radius 2 is 2.00 bits per heavy atom. The van der Waals surface area contributed by atoms with Gasteiger partial charge in [0.2, 0.25) is 0 Å². The molecule has 66 valence electrons. The molecule has 0 aromatic rings. The second kappa shape index (κ2) is 3.91. The molecule has 0 amide bonds. The van der Waals surface area contributed by atoms with Gasteiger partial charge in [0.1, 0.15) is 0 Å². The standard InChI is InChI=1S/C10H20O/c1-6-7-9(11)10(4,5)8(2)3/h9,11H,2,6-7H2,1,3-5H3/t9-/m0/s1. The van der Waals surface area contributed by atoms with Crippen LogP contribution >= 0.6 is 0 Å². The van der Waals surface area contributed by atoms with Crippen LogP contribution in [-0.4, -0.2) is 11.2 Å². The van der Waals surface area contributed by atoms with E-state index in [0.29, 0.717) is 0 Å². The third-order valence-electron chi connectivity index (χ3n) is 2.50. The number of rotatable bonds is 4. The average Bonchev–Trinajstić information content (AvgIpc) is 1.88. The highest BCUT2D eigenvalue weighted by molar-refractivity contribution is 5.06. The van der Waals surface area contributed by atoms with E-state index in [-0.39, 0.29) is 11.5 Å². The first kappa shape index (κ1) is 10.7. The first-order valence-electron chi connectivity index (χ1n) is 4.27. The summed E-state index contributed by atoms with van der Waals surface area (Å²) in [6, 6.07) is 0. The van der Waals surface area contributed by atoms with Crippen LogP contribution in [0.15, 0.2) is 12.2 Å². The van der Waals surface area contributed by atoms with Crippen molar-refractivity contribution in [3.05, 3.63) is 12.2 Å². The zero-order chi connectivity index (χ0) is 9.07. The predicted molar refractivity (Wildman–Crippen MR) is 49.5 cm³/mol. The average molecular weight is 156 g/mol. The first-order valence-corrected chi connectivity index (χ1v) is 4.27. The molecule has 0 bridgehead atoms. The highest BCUT2D eigenvalue weighted by Gasteiger charge is 2.27. The second-order valence-corrected chi connectivity index (χ2v) is 3.81. The van der Waals surface area contributed by atoms with Crippen molar-refractivity contribution in [3.63, 3.8) is 0 Å². The molecule has 0 unspecified atom stereocenters. The van der Waals surface area contributed by atoms with Crippen molar-refractivity contribution in [1.29, 1.82) is 0 Å². The lowest BCUT2D eigenvalue weighted by atomic mass is 9.79. The van der Waals surface area contributed by atoms with Gasteiger partial charge >= 0.3 is 0 Å². The van der Waals surface area contributed by atoms with Gasteiger partial charge in [0.25, 0.3) is 0 Å². The molecule has 11 heavy (non-hydrogen) atoms. The highest BCUT2D eigenvalue weighted by Crippen LogP contribution is 2.30. The van der Waals surface area contributed by atoms with Crippen molar-refractivity contribution in [2.24, 2.45) is 5.41 Å². The van der Waals surface area contributed by atoms with Crippen molar-refractivity contribution in [2.45, 2.75) is 46.6 Å². The van der Waals surface area contributed by atoms with E-state index in [4.69, 9.17) is 0 Å². The molecule has 0 saturated heterocycles. The summed E-state index contributed by atoms with van der Waals surface area (Å²) in [6.45, 7) is 12.0. The molecule has 0 aromatic carbocycles. The molecule has 1 nitrogen and oxygen atoms in total. The van der Waals surface area contributed by atoms with Gasteiger partial charge in [-0.3, -0.25) is 0 Å². The Bertz CT molecular complexity index is 136. The molecule has 0 aliphatic carbocycles. The van der Waals surface area contributed by atoms with E-state index < -0.39 is 0 Å². The van der Waals surface area contributed by atoms with E-state index >= 15 is 0 Å². The molecule has 0 radical (unpaired) electrons. The minimum atomic E-state index is -0.245. The molecule has 0 fully saturated rings. The number of hydrogen-bond donors (Lipinski definition) is 1. The van der Waals surface area contributed by atoms with Crippen LogP contribution in [0.3, 0.4) is 0 Å². The van der Waals surface area contributed by atoms with Crippen LogP contribution < -0.4 is 0 Å². The predicted octanol–water partition coefficient (Wildman–Crippen LogP) is 2.75. The van der Waals surface area contributed by atoms with Gasteiger partial charge in [0.15, 0.2) is 0 Å². The van der Waals surface area contributed by atoms with Crippen molar-refractivity contribution >= 4 is 0 Å². The molecule has 0 rings (SSSR count). The monoisotopic (exact) mass is 156 g/mol. The van der Waals surface area contributed by atoms with Crippen molar-refractivity contribution in [2.75, 3.05) is 0 Å². The molecule has 1 atom stereocenters. The molecule has 0 saturated carbocycles. The van der Waals surface area contributed by atoms with Gasteiger partial charge in [-0.2, -0.15) is 0 Å². The van der Waals surface area contributed by atoms with E-state index in [1.54, 1.807) is 0 Å². The summed E-state index contributed by atoms with van der Waals surface area (Å²) in [4.78, 5) is 0. The largest absolute Gasteiger partial charge is 0.392 e. The first-order chi connectivity index (χ1) is 4.92. The summed E-state index contributed by atoms with van der Waals surface area (Å²) in [5.74, 6) is 0. The van der Waals surface area contributed by atoms with E-state index in [9.17, 15) is 5.11 Å². The Kier molecular flexibility index (Phi) is 3.81. The molecule has 0 aliphatic heterocycles. The molecule has 0 aromatic heterocycles. The van der Waals surface area contributed by atoms with Crippen molar-refractivity contribution < 1.29 is 5.11 Å². The summed E-state index contributed by atoms with van der Waals surface area (Å²) in [7, 11) is 0. The van der Waals surface area contributed by atoms with Crippen LogP contribution in [0.25, 0.3) is 0 Å². The summed E-state index contributed by atoms with van der Waals surface area (Å²) < 4.78 is 0. The van der Waals surface area contributed by atoms with Gasteiger partial charge in [-0.1, -0.05) is 39.3 Å². The summed E-state index contributed by atoms with van der Waals surface area (Å²) in [5.41, 5.74) is 0.925. The van der Waals surface area contributed by atoms with Crippen LogP contribution in [0.1, 0.15) is 40.5 Å². The molecule has 0 aliphatic rings. The fourth-order valence-electron chi connectivity index (χ4n) is 0.919. The van der Waals surface area contributed by atoms with Gasteiger partial charge in [-0.25, -0.2) is 0 Å². The fraction of sp³-hybridized carbons (Fsp3) is 0.800. The van der Waals surface area contributed by atoms with E-state index in [1.807, 2.05) is 20.8 Å². The van der Waals surface area contributed by atoms with Crippen molar-refractivity contribution in [3.8, 4) is 0 Å². The maximum atomic E-state index is 9.69. The summed E-state index contributed by atoms with van der Waals surface area (Å²) >= 11 is 0. The molecular formula is C10H20O. The van der Waals surface area contributed by atoms with E-state index in [0.717, 1.165) is 18.4 Å². The Labute approximate surface area is 70.1 Å². The Morgan fingerprint density at radius 1 is 1.55 bits per heavy atom. The highest BCUT2D eigenvalue weighted by atomic mass is 16.3. The molecule has 1 heteroatoms. The maximum absolute atomic E-state index is 9.69. The normalized spacial score (nSPS) is 14.6. The van der Waals surface area contributed by atoms with Crippen LogP contribution in [0, 0.1) is 5.41 Å². The van der Waals surface area contributed by atoms with E-state index in [1.165, 1.54) is 0 Å². The van der Waals surface area contributed by atoms with Gasteiger partial charge < -0.3 is 5.11 Å². The van der Waals surface area contributed by atoms with Gasteiger partial charge in [-0.05, 0) is 13.3 Å². The summed E-state index contributed by atoms with van der Waals surface area (Å²) in [6.07, 6.45) is 1.64. The SMILES string of the molecule is C=C(C)C(C)(C)[C@@H](O)CCC. The van der Waals surface area contributed by atoms with Crippen LogP contribution in [0.5, 0.6) is 0 Å². The fourth-order valence-corrected chi connectivity index (χ4v) is 0.919. The lowest BCUT2D eigenvalue weighted by molar-refractivity contribution is 0.0664. The van der Waals surface area contributed by atoms with Crippen LogP contribution in [-0.2, 0) is 0 Å². The Morgan fingerprint density at radius 3 is 2.27 bits per heavy atom. The number of aliphatic hydroxyl groups excluding tert-OH is 1. The second-order valence-electron chi connectivity index (χ2n) is 3.81. The summed E-state index contributed by atoms with van der Waals surface area (Å²) in [5, 5.41) is 9.69. The van der Waals surface area contributed by atoms with Gasteiger partial charge in [0.05, 0.1) is 6.10 Å². The third kappa shape index (κ3) is 2.66. The van der Waals surface area contributed by atoms with Crippen LogP contribution in [0.2, 0.25) is 0 Å². The van der Waals surface area contributed by atoms with E-state index in [2.05, 4.69) is 13.5 Å². The molecule has 0 spiro atoms. The zero-order valence-electron chi connectivity index (χ0n) is 8.15. The zero-order valence-corrected chi connectivity index (χ0v) is 8.15. The Balaban J connectivity index is 4.17. The topological polar surface area (TPSA) is 20.2 Å². The molecule has 0 heterocycles. The van der Waals surface area contributed by atoms with Crippen LogP contribution in [0.4, 0.5) is 0 Å². The van der Waals surface area contributed by atoms with Gasteiger partial charge in [0, 0.05) is 5.41 Å². The lowest BCUT2D eigenvalue weighted by Gasteiger charge is -2.30. The Hall–Kier alpha value is -0.300. The molecule has 1 N–H and O–H groups in total. The van der Waals surface area contributed by atoms with Gasteiger partial charge in [-0.15, -0.1) is 0 Å². The quantitative estimate of drug-likeness (QED) is 0.620. The minimum absolute atomic E-state index is 0.129. The smallest absolute Gasteiger partial charge is 0.0627 e. The minimum Gasteiger partial charge on any atom is -0.392 e.